The lowest BCUT2D eigenvalue weighted by Crippen LogP contribution is -2.22. The van der Waals surface area contributed by atoms with Crippen molar-refractivity contribution in [3.05, 3.63) is 44.7 Å². The zero-order chi connectivity index (χ0) is 14.7. The summed E-state index contributed by atoms with van der Waals surface area (Å²) in [5, 5.41) is 4.75. The van der Waals surface area contributed by atoms with Gasteiger partial charge in [0.1, 0.15) is 5.82 Å². The summed E-state index contributed by atoms with van der Waals surface area (Å²) in [5.41, 5.74) is 1.70. The number of nitrogens with one attached hydrogen (secondary N) is 1. The number of pyridine rings is 1. The quantitative estimate of drug-likeness (QED) is 0.902. The lowest BCUT2D eigenvalue weighted by Gasteiger charge is -2.16. The van der Waals surface area contributed by atoms with Gasteiger partial charge in [-0.05, 0) is 46.5 Å². The zero-order valence-corrected chi connectivity index (χ0v) is 13.9. The third kappa shape index (κ3) is 3.63. The number of amides is 1. The molecule has 1 aliphatic heterocycles. The molecule has 0 atom stereocenters. The zero-order valence-electron chi connectivity index (χ0n) is 11.5. The van der Waals surface area contributed by atoms with Crippen LogP contribution in [0.25, 0.3) is 0 Å². The molecule has 3 heterocycles. The summed E-state index contributed by atoms with van der Waals surface area (Å²) in [6.07, 6.45) is 4.34. The van der Waals surface area contributed by atoms with Crippen LogP contribution in [0.3, 0.4) is 0 Å². The van der Waals surface area contributed by atoms with E-state index in [9.17, 15) is 4.79 Å². The fourth-order valence-electron chi connectivity index (χ4n) is 2.37. The molecule has 0 aromatic carbocycles. The molecule has 1 saturated heterocycles. The Morgan fingerprint density at radius 2 is 2.19 bits per heavy atom. The van der Waals surface area contributed by atoms with Crippen molar-refractivity contribution in [1.29, 1.82) is 0 Å². The molecule has 6 heteroatoms. The van der Waals surface area contributed by atoms with Gasteiger partial charge in [-0.25, -0.2) is 4.98 Å². The van der Waals surface area contributed by atoms with E-state index in [-0.39, 0.29) is 5.91 Å². The van der Waals surface area contributed by atoms with Gasteiger partial charge in [0, 0.05) is 31.2 Å². The van der Waals surface area contributed by atoms with Crippen LogP contribution in [0.2, 0.25) is 0 Å². The van der Waals surface area contributed by atoms with E-state index in [1.165, 1.54) is 24.2 Å². The molecule has 1 fully saturated rings. The molecule has 0 spiro atoms. The number of carbonyl (C=O) groups is 1. The van der Waals surface area contributed by atoms with E-state index in [1.54, 1.807) is 0 Å². The van der Waals surface area contributed by atoms with Gasteiger partial charge in [0.15, 0.2) is 0 Å². The monoisotopic (exact) mass is 365 g/mol. The minimum atomic E-state index is -0.0550. The van der Waals surface area contributed by atoms with Crippen LogP contribution in [0, 0.1) is 0 Å². The maximum Gasteiger partial charge on any atom is 0.252 e. The molecule has 21 heavy (non-hydrogen) atoms. The molecule has 1 amide bonds. The van der Waals surface area contributed by atoms with Crippen LogP contribution in [-0.2, 0) is 6.54 Å². The van der Waals surface area contributed by atoms with Gasteiger partial charge in [0.25, 0.3) is 5.91 Å². The molecule has 1 N–H and O–H groups in total. The summed E-state index contributed by atoms with van der Waals surface area (Å²) in [5.74, 6) is 0.977. The number of rotatable bonds is 4. The highest BCUT2D eigenvalue weighted by Crippen LogP contribution is 2.21. The van der Waals surface area contributed by atoms with Crippen LogP contribution in [0.5, 0.6) is 0 Å². The molecule has 0 bridgehead atoms. The van der Waals surface area contributed by atoms with Gasteiger partial charge in [-0.15, -0.1) is 11.3 Å². The Kier molecular flexibility index (Phi) is 4.55. The number of hydrogen-bond donors (Lipinski definition) is 1. The summed E-state index contributed by atoms with van der Waals surface area (Å²) < 4.78 is 0.962. The normalized spacial score (nSPS) is 14.4. The van der Waals surface area contributed by atoms with Crippen LogP contribution >= 0.6 is 27.3 Å². The van der Waals surface area contributed by atoms with Gasteiger partial charge >= 0.3 is 0 Å². The molecule has 4 nitrogen and oxygen atoms in total. The van der Waals surface area contributed by atoms with E-state index in [2.05, 4.69) is 31.1 Å². The molecule has 0 unspecified atom stereocenters. The topological polar surface area (TPSA) is 45.2 Å². The molecule has 0 aliphatic carbocycles. The van der Waals surface area contributed by atoms with Crippen LogP contribution in [0.1, 0.15) is 28.8 Å². The Morgan fingerprint density at radius 1 is 1.38 bits per heavy atom. The molecule has 2 aromatic heterocycles. The first-order chi connectivity index (χ1) is 10.2. The van der Waals surface area contributed by atoms with Gasteiger partial charge in [-0.1, -0.05) is 6.07 Å². The molecular weight excluding hydrogens is 350 g/mol. The average molecular weight is 366 g/mol. The van der Waals surface area contributed by atoms with E-state index in [0.29, 0.717) is 12.1 Å². The van der Waals surface area contributed by atoms with Gasteiger partial charge < -0.3 is 10.2 Å². The highest BCUT2D eigenvalue weighted by Gasteiger charge is 2.13. The van der Waals surface area contributed by atoms with Crippen LogP contribution in [-0.4, -0.2) is 24.0 Å². The second-order valence-corrected chi connectivity index (χ2v) is 7.33. The third-order valence-corrected chi connectivity index (χ3v) is 5.03. The second kappa shape index (κ2) is 6.58. The predicted octanol–water partition coefficient (Wildman–Crippen LogP) is 3.44. The first kappa shape index (κ1) is 14.5. The molecular formula is C15H16BrN3OS. The highest BCUT2D eigenvalue weighted by molar-refractivity contribution is 9.11. The Hall–Kier alpha value is -1.40. The number of carbonyl (C=O) groups excluding carboxylic acids is 1. The van der Waals surface area contributed by atoms with Gasteiger partial charge in [0.2, 0.25) is 0 Å². The first-order valence-corrected chi connectivity index (χ1v) is 8.62. The van der Waals surface area contributed by atoms with Crippen molar-refractivity contribution in [1.82, 2.24) is 10.3 Å². The average Bonchev–Trinajstić information content (AvgIpc) is 3.16. The van der Waals surface area contributed by atoms with E-state index in [0.717, 1.165) is 28.3 Å². The largest absolute Gasteiger partial charge is 0.357 e. The number of anilines is 1. The van der Waals surface area contributed by atoms with Gasteiger partial charge in [-0.3, -0.25) is 4.79 Å². The summed E-state index contributed by atoms with van der Waals surface area (Å²) in [6, 6.07) is 5.90. The van der Waals surface area contributed by atoms with E-state index < -0.39 is 0 Å². The first-order valence-electron chi connectivity index (χ1n) is 6.94. The summed E-state index contributed by atoms with van der Waals surface area (Å²) in [7, 11) is 0. The predicted molar refractivity (Wildman–Crippen MR) is 88.9 cm³/mol. The number of nitrogens with zero attached hydrogens (tertiary/aromatic N) is 2. The van der Waals surface area contributed by atoms with Crippen molar-refractivity contribution < 1.29 is 4.79 Å². The minimum absolute atomic E-state index is 0.0550. The minimum Gasteiger partial charge on any atom is -0.357 e. The maximum atomic E-state index is 12.0. The lowest BCUT2D eigenvalue weighted by atomic mass is 10.2. The van der Waals surface area contributed by atoms with Crippen LogP contribution in [0.4, 0.5) is 5.82 Å². The molecule has 110 valence electrons. The molecule has 2 aromatic rings. The van der Waals surface area contributed by atoms with E-state index in [4.69, 9.17) is 0 Å². The number of aromatic nitrogens is 1. The molecule has 1 aliphatic rings. The summed E-state index contributed by atoms with van der Waals surface area (Å²) >= 11 is 4.87. The smallest absolute Gasteiger partial charge is 0.252 e. The Labute approximate surface area is 136 Å². The van der Waals surface area contributed by atoms with Gasteiger partial charge in [0.05, 0.1) is 9.35 Å². The van der Waals surface area contributed by atoms with Crippen molar-refractivity contribution in [2.75, 3.05) is 18.0 Å². The fourth-order valence-corrected chi connectivity index (χ4v) is 3.50. The van der Waals surface area contributed by atoms with Gasteiger partial charge in [-0.2, -0.15) is 0 Å². The number of thiophene rings is 1. The summed E-state index contributed by atoms with van der Waals surface area (Å²) in [6.45, 7) is 2.69. The van der Waals surface area contributed by atoms with E-state index in [1.807, 2.05) is 29.8 Å². The van der Waals surface area contributed by atoms with Crippen LogP contribution in [0.15, 0.2) is 33.6 Å². The standard InChI is InChI=1S/C15H16BrN3OS/c16-13-7-12(10-21-13)15(20)18-9-11-3-4-14(17-8-11)19-5-1-2-6-19/h3-4,7-8,10H,1-2,5-6,9H2,(H,18,20). The van der Waals surface area contributed by atoms with Crippen LogP contribution < -0.4 is 10.2 Å². The fraction of sp³-hybridized carbons (Fsp3) is 0.333. The molecule has 3 rings (SSSR count). The maximum absolute atomic E-state index is 12.0. The van der Waals surface area contributed by atoms with Crippen molar-refractivity contribution in [3.63, 3.8) is 0 Å². The highest BCUT2D eigenvalue weighted by atomic mass is 79.9. The van der Waals surface area contributed by atoms with Crippen molar-refractivity contribution in [2.24, 2.45) is 0 Å². The second-order valence-electron chi connectivity index (χ2n) is 5.04. The van der Waals surface area contributed by atoms with E-state index >= 15 is 0 Å². The lowest BCUT2D eigenvalue weighted by molar-refractivity contribution is 0.0951. The Bertz CT molecular complexity index is 620. The molecule has 0 radical (unpaired) electrons. The van der Waals surface area contributed by atoms with Crippen molar-refractivity contribution >= 4 is 39.0 Å². The Morgan fingerprint density at radius 3 is 2.81 bits per heavy atom. The third-order valence-electron chi connectivity index (χ3n) is 3.52. The summed E-state index contributed by atoms with van der Waals surface area (Å²) in [4.78, 5) is 18.7. The van der Waals surface area contributed by atoms with Crippen molar-refractivity contribution in [2.45, 2.75) is 19.4 Å². The van der Waals surface area contributed by atoms with Crippen molar-refractivity contribution in [3.8, 4) is 0 Å². The Balaban J connectivity index is 1.56. The number of halogens is 1. The SMILES string of the molecule is O=C(NCc1ccc(N2CCCC2)nc1)c1csc(Br)c1. The number of hydrogen-bond acceptors (Lipinski definition) is 4. The molecule has 0 saturated carbocycles.